The number of hydrogen-bond acceptors (Lipinski definition) is 7. The van der Waals surface area contributed by atoms with E-state index in [1.165, 1.54) is 23.6 Å². The van der Waals surface area contributed by atoms with Gasteiger partial charge in [0.15, 0.2) is 11.6 Å². The summed E-state index contributed by atoms with van der Waals surface area (Å²) in [6, 6.07) is 7.91. The highest BCUT2D eigenvalue weighted by Gasteiger charge is 2.29. The topological polar surface area (TPSA) is 97.7 Å². The molecule has 0 bridgehead atoms. The van der Waals surface area contributed by atoms with Crippen molar-refractivity contribution in [3.63, 3.8) is 0 Å². The Morgan fingerprint density at radius 1 is 1.07 bits per heavy atom. The molecule has 0 unspecified atom stereocenters. The molecule has 0 saturated heterocycles. The number of ether oxygens (including phenoxy) is 2. The van der Waals surface area contributed by atoms with E-state index in [9.17, 15) is 9.90 Å². The first-order valence-electron chi connectivity index (χ1n) is 12.5. The average molecular weight is 616 g/mol. The summed E-state index contributed by atoms with van der Waals surface area (Å²) in [5, 5.41) is 11.6. The number of carbonyl (C=O) groups is 1. The molecular weight excluding hydrogens is 590 g/mol. The summed E-state index contributed by atoms with van der Waals surface area (Å²) in [5.74, 6) is -0.316. The van der Waals surface area contributed by atoms with Crippen LogP contribution in [0.4, 0.5) is 14.9 Å². The third-order valence-corrected chi connectivity index (χ3v) is 8.53. The molecule has 3 aromatic heterocycles. The molecule has 41 heavy (non-hydrogen) atoms. The molecule has 0 spiro atoms. The minimum Gasteiger partial charge on any atom is -0.495 e. The molecule has 2 aromatic carbocycles. The van der Waals surface area contributed by atoms with Gasteiger partial charge in [-0.2, -0.15) is 0 Å². The van der Waals surface area contributed by atoms with E-state index in [-0.39, 0.29) is 16.3 Å². The number of fused-ring (bicyclic) bond motifs is 2. The fourth-order valence-corrected chi connectivity index (χ4v) is 5.98. The van der Waals surface area contributed by atoms with Crippen LogP contribution in [0.3, 0.4) is 0 Å². The fraction of sp³-hybridized carbons (Fsp3) is 0.241. The van der Waals surface area contributed by atoms with E-state index < -0.39 is 24.1 Å². The van der Waals surface area contributed by atoms with Gasteiger partial charge in [0.05, 0.1) is 41.4 Å². The Hall–Kier alpha value is -3.73. The van der Waals surface area contributed by atoms with Crippen molar-refractivity contribution in [3.8, 4) is 22.1 Å². The Bertz CT molecular complexity index is 1820. The third kappa shape index (κ3) is 5.47. The maximum absolute atomic E-state index is 15.5. The van der Waals surface area contributed by atoms with Crippen molar-refractivity contribution in [2.45, 2.75) is 39.8 Å². The van der Waals surface area contributed by atoms with Crippen LogP contribution >= 0.6 is 34.5 Å². The van der Waals surface area contributed by atoms with E-state index in [1.54, 1.807) is 45.4 Å². The second-order valence-corrected chi connectivity index (χ2v) is 11.4. The molecule has 0 radical (unpaired) electrons. The molecule has 0 fully saturated rings. The average Bonchev–Trinajstić information content (AvgIpc) is 3.36. The van der Waals surface area contributed by atoms with Crippen molar-refractivity contribution in [1.29, 1.82) is 0 Å². The predicted octanol–water partition coefficient (Wildman–Crippen LogP) is 8.32. The van der Waals surface area contributed by atoms with E-state index in [1.807, 2.05) is 19.9 Å². The second-order valence-electron chi connectivity index (χ2n) is 9.58. The molecule has 0 aliphatic carbocycles. The summed E-state index contributed by atoms with van der Waals surface area (Å²) in [4.78, 5) is 26.8. The number of pyridine rings is 2. The van der Waals surface area contributed by atoms with Crippen LogP contribution in [-0.2, 0) is 0 Å². The number of aryl methyl sites for hydroxylation is 2. The number of nitrogens with zero attached hydrogens (tertiary/aromatic N) is 4. The van der Waals surface area contributed by atoms with Crippen LogP contribution in [0.2, 0.25) is 10.0 Å². The number of hydrogen-bond donors (Lipinski definition) is 1. The van der Waals surface area contributed by atoms with Crippen molar-refractivity contribution in [2.24, 2.45) is 0 Å². The lowest BCUT2D eigenvalue weighted by Crippen LogP contribution is -2.46. The quantitative estimate of drug-likeness (QED) is 0.197. The van der Waals surface area contributed by atoms with E-state index in [0.29, 0.717) is 37.2 Å². The smallest absolute Gasteiger partial charge is 0.412 e. The molecule has 1 N–H and O–H groups in total. The van der Waals surface area contributed by atoms with Crippen molar-refractivity contribution in [1.82, 2.24) is 15.0 Å². The minimum atomic E-state index is -1.18. The second kappa shape index (κ2) is 11.3. The number of halogens is 3. The standard InChI is InChI=1S/C29H25Cl2FN4O4S/c1-13-6-19(11-33-14(13)2)36(29(37)38)15(3)16(4)40-22-10-23-27(24(31)25(22)32)35-28(41-23)21-9-18(30)7-17-8-20(39-5)12-34-26(17)21/h6-12,15-16H,1-5H3,(H,37,38)/t15-,16+/m1/s1. The molecule has 5 rings (SSSR count). The van der Waals surface area contributed by atoms with Crippen LogP contribution in [0.25, 0.3) is 31.7 Å². The van der Waals surface area contributed by atoms with Gasteiger partial charge >= 0.3 is 6.09 Å². The summed E-state index contributed by atoms with van der Waals surface area (Å²) in [5.41, 5.74) is 3.62. The molecule has 212 valence electrons. The maximum atomic E-state index is 15.5. The zero-order valence-corrected chi connectivity index (χ0v) is 25.0. The molecule has 5 aromatic rings. The van der Waals surface area contributed by atoms with E-state index in [0.717, 1.165) is 21.5 Å². The maximum Gasteiger partial charge on any atom is 0.412 e. The lowest BCUT2D eigenvalue weighted by Gasteiger charge is -2.31. The van der Waals surface area contributed by atoms with Crippen LogP contribution in [0, 0.1) is 19.7 Å². The Kier molecular flexibility index (Phi) is 7.91. The van der Waals surface area contributed by atoms with Crippen LogP contribution < -0.4 is 14.4 Å². The van der Waals surface area contributed by atoms with Gasteiger partial charge in [0.1, 0.15) is 27.4 Å². The first-order valence-corrected chi connectivity index (χ1v) is 14.1. The van der Waals surface area contributed by atoms with Gasteiger partial charge in [-0.1, -0.05) is 23.2 Å². The van der Waals surface area contributed by atoms with E-state index in [2.05, 4.69) is 15.0 Å². The van der Waals surface area contributed by atoms with Crippen molar-refractivity contribution in [2.75, 3.05) is 12.0 Å². The number of anilines is 1. The number of amides is 1. The zero-order valence-electron chi connectivity index (χ0n) is 22.7. The van der Waals surface area contributed by atoms with Crippen LogP contribution in [0.15, 0.2) is 42.7 Å². The van der Waals surface area contributed by atoms with Crippen molar-refractivity contribution < 1.29 is 23.8 Å². The molecule has 3 heterocycles. The Labute approximate surface area is 249 Å². The molecule has 0 aliphatic rings. The number of aromatic nitrogens is 3. The molecule has 0 saturated carbocycles. The molecule has 2 atom stereocenters. The fourth-order valence-electron chi connectivity index (χ4n) is 4.44. The van der Waals surface area contributed by atoms with Crippen LogP contribution in [0.1, 0.15) is 25.1 Å². The highest BCUT2D eigenvalue weighted by atomic mass is 35.5. The lowest BCUT2D eigenvalue weighted by molar-refractivity contribution is 0.167. The minimum absolute atomic E-state index is 0.112. The summed E-state index contributed by atoms with van der Waals surface area (Å²) in [6.07, 6.45) is 1.16. The van der Waals surface area contributed by atoms with Crippen molar-refractivity contribution >= 4 is 67.4 Å². The van der Waals surface area contributed by atoms with Gasteiger partial charge in [-0.3, -0.25) is 14.9 Å². The SMILES string of the molecule is COc1cnc2c(-c3nc4c(Cl)c(F)c(O[C@@H](C)[C@@H](C)N(C(=O)O)c5cnc(C)c(C)c5)cc4s3)cc(Cl)cc2c1. The van der Waals surface area contributed by atoms with Crippen LogP contribution in [-0.4, -0.2) is 45.4 Å². The predicted molar refractivity (Wildman–Crippen MR) is 161 cm³/mol. The molecule has 1 amide bonds. The number of rotatable bonds is 7. The highest BCUT2D eigenvalue weighted by Crippen LogP contribution is 2.42. The van der Waals surface area contributed by atoms with Gasteiger partial charge in [-0.15, -0.1) is 11.3 Å². The van der Waals surface area contributed by atoms with Gasteiger partial charge in [0.2, 0.25) is 0 Å². The Morgan fingerprint density at radius 2 is 1.83 bits per heavy atom. The Balaban J connectivity index is 1.50. The zero-order chi connectivity index (χ0) is 29.6. The summed E-state index contributed by atoms with van der Waals surface area (Å²) in [6.45, 7) is 7.05. The Morgan fingerprint density at radius 3 is 2.51 bits per heavy atom. The van der Waals surface area contributed by atoms with Gasteiger partial charge in [0, 0.05) is 27.7 Å². The third-order valence-electron chi connectivity index (χ3n) is 6.93. The first kappa shape index (κ1) is 28.8. The van der Waals surface area contributed by atoms with Gasteiger partial charge < -0.3 is 14.6 Å². The van der Waals surface area contributed by atoms with Crippen molar-refractivity contribution in [3.05, 3.63) is 69.8 Å². The lowest BCUT2D eigenvalue weighted by atomic mass is 10.1. The van der Waals surface area contributed by atoms with Gasteiger partial charge in [0.25, 0.3) is 0 Å². The first-order chi connectivity index (χ1) is 19.5. The molecule has 0 aliphatic heterocycles. The highest BCUT2D eigenvalue weighted by molar-refractivity contribution is 7.21. The number of benzene rings is 2. The summed E-state index contributed by atoms with van der Waals surface area (Å²) >= 11 is 14.1. The normalized spacial score (nSPS) is 12.9. The number of methoxy groups -OCH3 is 1. The summed E-state index contributed by atoms with van der Waals surface area (Å²) < 4.78 is 27.3. The van der Waals surface area contributed by atoms with E-state index >= 15 is 4.39 Å². The van der Waals surface area contributed by atoms with Gasteiger partial charge in [-0.25, -0.2) is 14.2 Å². The number of thiazole rings is 1. The molecule has 8 nitrogen and oxygen atoms in total. The molecular formula is C29H25Cl2FN4O4S. The monoisotopic (exact) mass is 614 g/mol. The number of carboxylic acid groups (broad SMARTS) is 1. The van der Waals surface area contributed by atoms with Gasteiger partial charge in [-0.05, 0) is 57.5 Å². The summed E-state index contributed by atoms with van der Waals surface area (Å²) in [7, 11) is 1.56. The van der Waals surface area contributed by atoms with E-state index in [4.69, 9.17) is 32.7 Å². The van der Waals surface area contributed by atoms with Crippen LogP contribution in [0.5, 0.6) is 11.5 Å². The largest absolute Gasteiger partial charge is 0.495 e. The molecule has 12 heteroatoms.